The summed E-state index contributed by atoms with van der Waals surface area (Å²) in [4.78, 5) is 40.5. The Hall–Kier alpha value is -6.71. The van der Waals surface area contributed by atoms with Crippen molar-refractivity contribution in [1.82, 2.24) is 21.3 Å². The zero-order valence-electron chi connectivity index (χ0n) is 32.1. The fourth-order valence-corrected chi connectivity index (χ4v) is 8.02. The molecule has 2 aliphatic rings. The fraction of sp³-hybridized carbons (Fsp3) is 0.204. The first kappa shape index (κ1) is 38.2. The predicted molar refractivity (Wildman–Crippen MR) is 225 cm³/mol. The van der Waals surface area contributed by atoms with Crippen molar-refractivity contribution in [3.05, 3.63) is 191 Å². The Kier molecular flexibility index (Phi) is 11.9. The van der Waals surface area contributed by atoms with Gasteiger partial charge in [0, 0.05) is 47.8 Å². The Balaban J connectivity index is 0.851. The van der Waals surface area contributed by atoms with Gasteiger partial charge in [-0.15, -0.1) is 0 Å². The number of hydrogen-bond acceptors (Lipinski definition) is 6. The zero-order chi connectivity index (χ0) is 39.7. The van der Waals surface area contributed by atoms with Crippen LogP contribution in [0.3, 0.4) is 0 Å². The maximum Gasteiger partial charge on any atom is 0.408 e. The van der Waals surface area contributed by atoms with Crippen LogP contribution in [0.1, 0.15) is 52.0 Å². The van der Waals surface area contributed by atoms with Crippen molar-refractivity contribution in [2.24, 2.45) is 0 Å². The van der Waals surface area contributed by atoms with Crippen LogP contribution >= 0.6 is 0 Å². The zero-order valence-corrected chi connectivity index (χ0v) is 32.1. The fourth-order valence-electron chi connectivity index (χ4n) is 8.02. The van der Waals surface area contributed by atoms with Crippen LogP contribution in [0, 0.1) is 0 Å². The Bertz CT molecular complexity index is 2280. The van der Waals surface area contributed by atoms with Gasteiger partial charge in [0.2, 0.25) is 5.91 Å². The van der Waals surface area contributed by atoms with Crippen molar-refractivity contribution >= 4 is 18.1 Å². The Morgan fingerprint density at radius 2 is 0.897 bits per heavy atom. The molecule has 0 bridgehead atoms. The molecule has 6 aromatic carbocycles. The van der Waals surface area contributed by atoms with E-state index in [4.69, 9.17) is 9.47 Å². The quantitative estimate of drug-likeness (QED) is 0.0781. The summed E-state index contributed by atoms with van der Waals surface area (Å²) >= 11 is 0. The summed E-state index contributed by atoms with van der Waals surface area (Å²) < 4.78 is 12.1. The van der Waals surface area contributed by atoms with Crippen LogP contribution in [-0.2, 0) is 27.1 Å². The largest absolute Gasteiger partial charge is 0.436 e. The minimum Gasteiger partial charge on any atom is -0.436 e. The lowest BCUT2D eigenvalue weighted by Gasteiger charge is -2.22. The number of amides is 3. The molecule has 0 aliphatic heterocycles. The van der Waals surface area contributed by atoms with Crippen LogP contribution in [0.25, 0.3) is 22.3 Å². The molecule has 2 unspecified atom stereocenters. The SMILES string of the molecule is O=C(NC(CNCCCNC(=O)C(Cc1ccccc1)NC(=O)OC1c2ccccc2-c2ccccc21)Cc1ccccc1)OC1c2ccccc2-c2ccccc21. The van der Waals surface area contributed by atoms with E-state index >= 15 is 0 Å². The van der Waals surface area contributed by atoms with Gasteiger partial charge in [-0.3, -0.25) is 4.79 Å². The molecule has 0 fully saturated rings. The van der Waals surface area contributed by atoms with E-state index in [1.54, 1.807) is 0 Å². The second kappa shape index (κ2) is 18.0. The Labute approximate surface area is 338 Å². The number of rotatable bonds is 15. The third-order valence-electron chi connectivity index (χ3n) is 10.8. The van der Waals surface area contributed by atoms with Crippen molar-refractivity contribution in [2.45, 2.75) is 43.6 Å². The molecule has 3 amide bonds. The molecular formula is C49H46N4O5. The molecule has 8 rings (SSSR count). The minimum absolute atomic E-state index is 0.249. The Morgan fingerprint density at radius 1 is 0.483 bits per heavy atom. The molecule has 0 saturated carbocycles. The molecular weight excluding hydrogens is 725 g/mol. The number of benzene rings is 6. The molecule has 9 nitrogen and oxygen atoms in total. The lowest BCUT2D eigenvalue weighted by molar-refractivity contribution is -0.123. The van der Waals surface area contributed by atoms with Crippen LogP contribution in [0.15, 0.2) is 158 Å². The van der Waals surface area contributed by atoms with E-state index in [2.05, 4.69) is 33.4 Å². The molecule has 0 spiro atoms. The first-order valence-corrected chi connectivity index (χ1v) is 19.9. The lowest BCUT2D eigenvalue weighted by Crippen LogP contribution is -2.49. The number of carbonyl (C=O) groups excluding carboxylic acids is 3. The van der Waals surface area contributed by atoms with Gasteiger partial charge in [0.1, 0.15) is 6.04 Å². The van der Waals surface area contributed by atoms with E-state index in [9.17, 15) is 14.4 Å². The number of carbonyl (C=O) groups is 3. The molecule has 6 aromatic rings. The van der Waals surface area contributed by atoms with Crippen molar-refractivity contribution in [3.63, 3.8) is 0 Å². The van der Waals surface area contributed by atoms with E-state index < -0.39 is 30.4 Å². The van der Waals surface area contributed by atoms with Crippen molar-refractivity contribution < 1.29 is 23.9 Å². The number of hydrogen-bond donors (Lipinski definition) is 4. The van der Waals surface area contributed by atoms with Crippen LogP contribution in [0.2, 0.25) is 0 Å². The third-order valence-corrected chi connectivity index (χ3v) is 10.8. The summed E-state index contributed by atoms with van der Waals surface area (Å²) in [5.41, 5.74) is 10.0. The highest BCUT2D eigenvalue weighted by atomic mass is 16.6. The summed E-state index contributed by atoms with van der Waals surface area (Å²) in [6.07, 6.45) is -0.662. The van der Waals surface area contributed by atoms with Gasteiger partial charge in [-0.2, -0.15) is 0 Å². The predicted octanol–water partition coefficient (Wildman–Crippen LogP) is 8.30. The topological polar surface area (TPSA) is 118 Å². The second-order valence-corrected chi connectivity index (χ2v) is 14.7. The molecule has 4 N–H and O–H groups in total. The van der Waals surface area contributed by atoms with Gasteiger partial charge in [-0.05, 0) is 52.8 Å². The van der Waals surface area contributed by atoms with Crippen molar-refractivity contribution in [2.75, 3.05) is 19.6 Å². The lowest BCUT2D eigenvalue weighted by atomic mass is 10.1. The summed E-state index contributed by atoms with van der Waals surface area (Å²) in [5.74, 6) is -0.297. The van der Waals surface area contributed by atoms with Gasteiger partial charge >= 0.3 is 12.2 Å². The molecule has 292 valence electrons. The number of alkyl carbamates (subject to hydrolysis) is 2. The van der Waals surface area contributed by atoms with Gasteiger partial charge in [-0.25, -0.2) is 9.59 Å². The number of ether oxygens (including phenoxy) is 2. The molecule has 0 heterocycles. The molecule has 2 atom stereocenters. The van der Waals surface area contributed by atoms with Crippen molar-refractivity contribution in [3.8, 4) is 22.3 Å². The van der Waals surface area contributed by atoms with E-state index in [0.717, 1.165) is 55.6 Å². The highest BCUT2D eigenvalue weighted by molar-refractivity contribution is 5.86. The van der Waals surface area contributed by atoms with Crippen LogP contribution in [0.5, 0.6) is 0 Å². The highest BCUT2D eigenvalue weighted by Gasteiger charge is 2.33. The van der Waals surface area contributed by atoms with Crippen LogP contribution < -0.4 is 21.3 Å². The minimum atomic E-state index is -0.848. The maximum absolute atomic E-state index is 13.6. The van der Waals surface area contributed by atoms with Crippen LogP contribution in [-0.4, -0.2) is 49.8 Å². The highest BCUT2D eigenvalue weighted by Crippen LogP contribution is 2.46. The molecule has 0 radical (unpaired) electrons. The number of fused-ring (bicyclic) bond motifs is 6. The number of nitrogens with one attached hydrogen (secondary N) is 4. The summed E-state index contributed by atoms with van der Waals surface area (Å²) in [6, 6.07) is 50.4. The molecule has 2 aliphatic carbocycles. The van der Waals surface area contributed by atoms with E-state index in [1.165, 1.54) is 0 Å². The smallest absolute Gasteiger partial charge is 0.408 e. The molecule has 0 aromatic heterocycles. The second-order valence-electron chi connectivity index (χ2n) is 14.7. The van der Waals surface area contributed by atoms with E-state index in [-0.39, 0.29) is 11.9 Å². The first-order valence-electron chi connectivity index (χ1n) is 19.9. The van der Waals surface area contributed by atoms with Gasteiger partial charge in [0.15, 0.2) is 12.2 Å². The average Bonchev–Trinajstić information content (AvgIpc) is 3.74. The summed E-state index contributed by atoms with van der Waals surface area (Å²) in [5, 5.41) is 12.4. The van der Waals surface area contributed by atoms with Crippen molar-refractivity contribution in [1.29, 1.82) is 0 Å². The van der Waals surface area contributed by atoms with Crippen LogP contribution in [0.4, 0.5) is 9.59 Å². The summed E-state index contributed by atoms with van der Waals surface area (Å²) in [6.45, 7) is 1.47. The standard InChI is InChI=1S/C49H46N4O5/c54-47(44(31-34-18-5-2-6-19-34)53-49(56)58-46-42-26-13-9-22-38(42)39-23-10-14-27-43(39)46)51-29-15-28-50-32-35(30-33-16-3-1-4-17-33)52-48(55)57-45-40-24-11-7-20-36(40)37-21-8-12-25-41(37)45/h1-14,16-27,35,44-46,50H,15,28-32H2,(H,51,54)(H,52,55)(H,53,56). The maximum atomic E-state index is 13.6. The average molecular weight is 771 g/mol. The normalized spacial score (nSPS) is 13.6. The Morgan fingerprint density at radius 3 is 1.38 bits per heavy atom. The molecule has 0 saturated heterocycles. The third kappa shape index (κ3) is 8.80. The van der Waals surface area contributed by atoms with E-state index in [0.29, 0.717) is 38.9 Å². The molecule has 58 heavy (non-hydrogen) atoms. The monoisotopic (exact) mass is 770 g/mol. The van der Waals surface area contributed by atoms with Gasteiger partial charge in [0.25, 0.3) is 0 Å². The van der Waals surface area contributed by atoms with E-state index in [1.807, 2.05) is 146 Å². The van der Waals surface area contributed by atoms with Gasteiger partial charge in [-0.1, -0.05) is 158 Å². The molecule has 9 heteroatoms. The van der Waals surface area contributed by atoms with Gasteiger partial charge in [0.05, 0.1) is 0 Å². The summed E-state index contributed by atoms with van der Waals surface area (Å²) in [7, 11) is 0. The first-order chi connectivity index (χ1) is 28.5. The van der Waals surface area contributed by atoms with Gasteiger partial charge < -0.3 is 30.7 Å².